The molecule has 1 fully saturated rings. The Morgan fingerprint density at radius 2 is 1.73 bits per heavy atom. The molecule has 7 heteroatoms. The maximum atomic E-state index is 12.7. The van der Waals surface area contributed by atoms with Crippen LogP contribution in [0.3, 0.4) is 0 Å². The number of rotatable bonds is 5. The Morgan fingerprint density at radius 3 is 2.27 bits per heavy atom. The monoisotopic (exact) mass is 392 g/mol. The van der Waals surface area contributed by atoms with Gasteiger partial charge in [0.05, 0.1) is 0 Å². The number of hydrogen-bond donors (Lipinski definition) is 0. The van der Waals surface area contributed by atoms with Gasteiger partial charge in [-0.15, -0.1) is 11.3 Å². The molecule has 2 aromatic rings. The fraction of sp³-hybridized carbons (Fsp3) is 0.421. The third-order valence-electron chi connectivity index (χ3n) is 4.46. The molecule has 140 valence electrons. The van der Waals surface area contributed by atoms with E-state index in [0.717, 1.165) is 6.42 Å². The van der Waals surface area contributed by atoms with Crippen LogP contribution in [0.15, 0.2) is 46.0 Å². The predicted octanol–water partition coefficient (Wildman–Crippen LogP) is 3.09. The van der Waals surface area contributed by atoms with E-state index >= 15 is 0 Å². The third-order valence-corrected chi connectivity index (χ3v) is 7.73. The van der Waals surface area contributed by atoms with Crippen molar-refractivity contribution in [2.75, 3.05) is 26.2 Å². The zero-order chi connectivity index (χ0) is 18.7. The molecule has 1 aromatic carbocycles. The van der Waals surface area contributed by atoms with Crippen LogP contribution in [0.25, 0.3) is 0 Å². The van der Waals surface area contributed by atoms with E-state index in [-0.39, 0.29) is 5.91 Å². The Morgan fingerprint density at radius 1 is 1.08 bits per heavy atom. The number of amides is 1. The van der Waals surface area contributed by atoms with Gasteiger partial charge in [-0.25, -0.2) is 8.42 Å². The van der Waals surface area contributed by atoms with Crippen molar-refractivity contribution >= 4 is 27.3 Å². The van der Waals surface area contributed by atoms with Gasteiger partial charge in [-0.3, -0.25) is 4.79 Å². The predicted molar refractivity (Wildman–Crippen MR) is 104 cm³/mol. The van der Waals surface area contributed by atoms with Gasteiger partial charge in [0.25, 0.3) is 15.9 Å². The van der Waals surface area contributed by atoms with Crippen molar-refractivity contribution < 1.29 is 13.2 Å². The molecule has 1 saturated heterocycles. The highest BCUT2D eigenvalue weighted by Crippen LogP contribution is 2.22. The Bertz CT molecular complexity index is 835. The van der Waals surface area contributed by atoms with E-state index < -0.39 is 10.0 Å². The van der Waals surface area contributed by atoms with E-state index in [0.29, 0.717) is 41.9 Å². The zero-order valence-corrected chi connectivity index (χ0v) is 16.7. The van der Waals surface area contributed by atoms with Crippen LogP contribution in [0.1, 0.15) is 29.8 Å². The van der Waals surface area contributed by atoms with Crippen LogP contribution in [0.4, 0.5) is 0 Å². The molecular weight excluding hydrogens is 368 g/mol. The first-order valence-corrected chi connectivity index (χ1v) is 11.1. The number of nitrogens with zero attached hydrogens (tertiary/aromatic N) is 2. The number of thiophene rings is 1. The van der Waals surface area contributed by atoms with Gasteiger partial charge in [-0.05, 0) is 41.5 Å². The average molecular weight is 393 g/mol. The quantitative estimate of drug-likeness (QED) is 0.786. The molecule has 5 nitrogen and oxygen atoms in total. The van der Waals surface area contributed by atoms with Crippen molar-refractivity contribution in [3.05, 3.63) is 52.9 Å². The molecule has 0 radical (unpaired) electrons. The number of carbonyl (C=O) groups is 1. The van der Waals surface area contributed by atoms with Crippen molar-refractivity contribution in [3.8, 4) is 0 Å². The topological polar surface area (TPSA) is 57.7 Å². The lowest BCUT2D eigenvalue weighted by Crippen LogP contribution is -2.50. The Hall–Kier alpha value is -1.70. The molecule has 26 heavy (non-hydrogen) atoms. The van der Waals surface area contributed by atoms with Crippen molar-refractivity contribution in [2.24, 2.45) is 5.92 Å². The molecule has 0 atom stereocenters. The highest BCUT2D eigenvalue weighted by atomic mass is 32.2. The number of piperazine rings is 1. The van der Waals surface area contributed by atoms with Crippen molar-refractivity contribution in [3.63, 3.8) is 0 Å². The number of hydrogen-bond acceptors (Lipinski definition) is 4. The summed E-state index contributed by atoms with van der Waals surface area (Å²) in [5, 5.41) is 1.76. The minimum atomic E-state index is -3.44. The molecular formula is C19H24N2O3S2. The highest BCUT2D eigenvalue weighted by Gasteiger charge is 2.30. The molecule has 2 heterocycles. The average Bonchev–Trinajstić information content (AvgIpc) is 3.17. The van der Waals surface area contributed by atoms with Crippen LogP contribution >= 0.6 is 11.3 Å². The number of benzene rings is 1. The first kappa shape index (κ1) is 19.1. The molecule has 3 rings (SSSR count). The van der Waals surface area contributed by atoms with Crippen LogP contribution in [0.5, 0.6) is 0 Å². The van der Waals surface area contributed by atoms with E-state index in [4.69, 9.17) is 0 Å². The summed E-state index contributed by atoms with van der Waals surface area (Å²) in [7, 11) is -3.44. The Labute approximate surface area is 159 Å². The molecule has 0 saturated carbocycles. The van der Waals surface area contributed by atoms with Crippen molar-refractivity contribution in [1.29, 1.82) is 0 Å². The van der Waals surface area contributed by atoms with E-state index in [9.17, 15) is 13.2 Å². The van der Waals surface area contributed by atoms with Crippen LogP contribution in [-0.2, 0) is 16.4 Å². The second kappa shape index (κ2) is 7.90. The molecule has 0 bridgehead atoms. The summed E-state index contributed by atoms with van der Waals surface area (Å²) in [5.74, 6) is 0.546. The first-order chi connectivity index (χ1) is 12.4. The maximum absolute atomic E-state index is 12.7. The molecule has 0 N–H and O–H groups in total. The lowest BCUT2D eigenvalue weighted by molar-refractivity contribution is 0.0698. The summed E-state index contributed by atoms with van der Waals surface area (Å²) in [6, 6.07) is 11.1. The SMILES string of the molecule is CC(C)Cc1ccc(C(=O)N2CCN(S(=O)(=O)c3cccs3)CC2)cc1. The minimum absolute atomic E-state index is 0.0331. The van der Waals surface area contributed by atoms with Crippen LogP contribution < -0.4 is 0 Å². The van der Waals surface area contributed by atoms with Crippen molar-refractivity contribution in [2.45, 2.75) is 24.5 Å². The summed E-state index contributed by atoms with van der Waals surface area (Å²) in [6.45, 7) is 5.83. The molecule has 0 unspecified atom stereocenters. The second-order valence-corrected chi connectivity index (χ2v) is 10.0. The van der Waals surface area contributed by atoms with E-state index in [1.54, 1.807) is 22.4 Å². The van der Waals surface area contributed by atoms with Crippen molar-refractivity contribution in [1.82, 2.24) is 9.21 Å². The number of sulfonamides is 1. The molecule has 1 aliphatic heterocycles. The Kier molecular flexibility index (Phi) is 5.79. The smallest absolute Gasteiger partial charge is 0.253 e. The summed E-state index contributed by atoms with van der Waals surface area (Å²) in [6.07, 6.45) is 0.994. The minimum Gasteiger partial charge on any atom is -0.336 e. The maximum Gasteiger partial charge on any atom is 0.253 e. The van der Waals surface area contributed by atoms with E-state index in [2.05, 4.69) is 13.8 Å². The molecule has 0 spiro atoms. The lowest BCUT2D eigenvalue weighted by atomic mass is 10.0. The molecule has 0 aliphatic carbocycles. The molecule has 1 amide bonds. The normalized spacial score (nSPS) is 16.2. The van der Waals surface area contributed by atoms with Gasteiger partial charge in [-0.2, -0.15) is 4.31 Å². The molecule has 1 aliphatic rings. The summed E-state index contributed by atoms with van der Waals surface area (Å²) in [5.41, 5.74) is 1.88. The highest BCUT2D eigenvalue weighted by molar-refractivity contribution is 7.91. The summed E-state index contributed by atoms with van der Waals surface area (Å²) < 4.78 is 26.9. The van der Waals surface area contributed by atoms with Gasteiger partial charge in [-0.1, -0.05) is 32.0 Å². The van der Waals surface area contributed by atoms with Crippen LogP contribution in [0, 0.1) is 5.92 Å². The van der Waals surface area contributed by atoms with Gasteiger partial charge in [0.1, 0.15) is 4.21 Å². The van der Waals surface area contributed by atoms with Gasteiger partial charge in [0.2, 0.25) is 0 Å². The van der Waals surface area contributed by atoms with Gasteiger partial charge in [0, 0.05) is 31.7 Å². The van der Waals surface area contributed by atoms with Gasteiger partial charge in [0.15, 0.2) is 0 Å². The van der Waals surface area contributed by atoms with Gasteiger partial charge >= 0.3 is 0 Å². The fourth-order valence-electron chi connectivity index (χ4n) is 3.11. The largest absolute Gasteiger partial charge is 0.336 e. The van der Waals surface area contributed by atoms with Crippen LogP contribution in [-0.4, -0.2) is 49.7 Å². The molecule has 1 aromatic heterocycles. The third kappa shape index (κ3) is 4.16. The van der Waals surface area contributed by atoms with Crippen LogP contribution in [0.2, 0.25) is 0 Å². The van der Waals surface area contributed by atoms with E-state index in [1.807, 2.05) is 24.3 Å². The summed E-state index contributed by atoms with van der Waals surface area (Å²) >= 11 is 1.22. The standard InChI is InChI=1S/C19H24N2O3S2/c1-15(2)14-16-5-7-17(8-6-16)19(22)20-9-11-21(12-10-20)26(23,24)18-4-3-13-25-18/h3-8,13,15H,9-12,14H2,1-2H3. The zero-order valence-electron chi connectivity index (χ0n) is 15.1. The lowest BCUT2D eigenvalue weighted by Gasteiger charge is -2.33. The van der Waals surface area contributed by atoms with E-state index in [1.165, 1.54) is 21.2 Å². The fourth-order valence-corrected chi connectivity index (χ4v) is 5.67. The number of carbonyl (C=O) groups excluding carboxylic acids is 1. The van der Waals surface area contributed by atoms with Gasteiger partial charge < -0.3 is 4.90 Å². The first-order valence-electron chi connectivity index (χ1n) is 8.80. The second-order valence-electron chi connectivity index (χ2n) is 6.92. The summed E-state index contributed by atoms with van der Waals surface area (Å²) in [4.78, 5) is 14.4. The Balaban J connectivity index is 1.62.